The van der Waals surface area contributed by atoms with Crippen molar-refractivity contribution in [2.24, 2.45) is 5.92 Å². The predicted octanol–water partition coefficient (Wildman–Crippen LogP) is 3.54. The molecule has 1 aliphatic rings. The van der Waals surface area contributed by atoms with E-state index in [9.17, 15) is 0 Å². The molecule has 1 unspecified atom stereocenters. The Morgan fingerprint density at radius 2 is 2.18 bits per heavy atom. The van der Waals surface area contributed by atoms with Crippen LogP contribution < -0.4 is 10.1 Å². The van der Waals surface area contributed by atoms with E-state index in [1.807, 2.05) is 6.07 Å². The number of rotatable bonds is 3. The number of halogens is 2. The van der Waals surface area contributed by atoms with Gasteiger partial charge < -0.3 is 10.1 Å². The summed E-state index contributed by atoms with van der Waals surface area (Å²) in [6.07, 6.45) is 3.48. The normalized spacial score (nSPS) is 20.3. The molecule has 0 bridgehead atoms. The zero-order valence-electron chi connectivity index (χ0n) is 9.93. The van der Waals surface area contributed by atoms with Crippen LogP contribution in [0.4, 0.5) is 0 Å². The number of benzene rings is 1. The smallest absolute Gasteiger partial charge is 0.138 e. The van der Waals surface area contributed by atoms with Crippen LogP contribution in [0.25, 0.3) is 0 Å². The number of hydrogen-bond acceptors (Lipinski definition) is 2. The first-order chi connectivity index (χ1) is 8.20. The molecule has 0 amide bonds. The molecule has 1 aromatic carbocycles. The van der Waals surface area contributed by atoms with Crippen LogP contribution in [0, 0.1) is 5.92 Å². The molecule has 2 nitrogen and oxygen atoms in total. The first-order valence-electron chi connectivity index (χ1n) is 5.93. The van der Waals surface area contributed by atoms with Crippen molar-refractivity contribution in [2.75, 3.05) is 20.2 Å². The van der Waals surface area contributed by atoms with Gasteiger partial charge in [0.05, 0.1) is 12.1 Å². The molecule has 1 heterocycles. The maximum absolute atomic E-state index is 6.24. The topological polar surface area (TPSA) is 21.3 Å². The van der Waals surface area contributed by atoms with Gasteiger partial charge >= 0.3 is 0 Å². The second-order valence-electron chi connectivity index (χ2n) is 4.49. The van der Waals surface area contributed by atoms with Crippen LogP contribution in [0.15, 0.2) is 12.1 Å². The van der Waals surface area contributed by atoms with E-state index in [0.29, 0.717) is 16.7 Å². The fourth-order valence-electron chi connectivity index (χ4n) is 2.29. The molecular formula is C13H17Cl2NO. The molecule has 17 heavy (non-hydrogen) atoms. The highest BCUT2D eigenvalue weighted by Crippen LogP contribution is 2.32. The maximum Gasteiger partial charge on any atom is 0.138 e. The zero-order chi connectivity index (χ0) is 12.3. The molecule has 0 aromatic heterocycles. The molecule has 1 fully saturated rings. The van der Waals surface area contributed by atoms with Gasteiger partial charge in [-0.2, -0.15) is 0 Å². The van der Waals surface area contributed by atoms with Gasteiger partial charge in [0, 0.05) is 11.1 Å². The summed E-state index contributed by atoms with van der Waals surface area (Å²) < 4.78 is 5.14. The van der Waals surface area contributed by atoms with Gasteiger partial charge in [-0.05, 0) is 49.9 Å². The summed E-state index contributed by atoms with van der Waals surface area (Å²) in [5, 5.41) is 4.79. The van der Waals surface area contributed by atoms with Crippen molar-refractivity contribution in [2.45, 2.75) is 19.3 Å². The van der Waals surface area contributed by atoms with Crippen molar-refractivity contribution in [3.63, 3.8) is 0 Å². The number of methoxy groups -OCH3 is 1. The molecule has 1 aromatic rings. The van der Waals surface area contributed by atoms with Crippen LogP contribution >= 0.6 is 23.2 Å². The van der Waals surface area contributed by atoms with Crippen LogP contribution in [0.1, 0.15) is 18.4 Å². The van der Waals surface area contributed by atoms with Crippen molar-refractivity contribution < 1.29 is 4.74 Å². The van der Waals surface area contributed by atoms with Crippen molar-refractivity contribution in [3.8, 4) is 5.75 Å². The molecule has 0 radical (unpaired) electrons. The first-order valence-corrected chi connectivity index (χ1v) is 6.69. The average molecular weight is 274 g/mol. The summed E-state index contributed by atoms with van der Waals surface area (Å²) in [5.41, 5.74) is 1.12. The van der Waals surface area contributed by atoms with Crippen LogP contribution in [0.3, 0.4) is 0 Å². The predicted molar refractivity (Wildman–Crippen MR) is 72.3 cm³/mol. The molecule has 0 saturated carbocycles. The summed E-state index contributed by atoms with van der Waals surface area (Å²) in [6, 6.07) is 3.73. The molecule has 0 aliphatic carbocycles. The molecule has 1 N–H and O–H groups in total. The van der Waals surface area contributed by atoms with Gasteiger partial charge in [-0.25, -0.2) is 0 Å². The van der Waals surface area contributed by atoms with E-state index in [2.05, 4.69) is 5.32 Å². The monoisotopic (exact) mass is 273 g/mol. The van der Waals surface area contributed by atoms with E-state index >= 15 is 0 Å². The highest BCUT2D eigenvalue weighted by Gasteiger charge is 2.16. The maximum atomic E-state index is 6.24. The summed E-state index contributed by atoms with van der Waals surface area (Å²) >= 11 is 12.4. The van der Waals surface area contributed by atoms with Gasteiger partial charge in [0.1, 0.15) is 5.75 Å². The molecule has 94 valence electrons. The van der Waals surface area contributed by atoms with E-state index in [0.717, 1.165) is 30.1 Å². The van der Waals surface area contributed by atoms with Gasteiger partial charge in [-0.15, -0.1) is 0 Å². The highest BCUT2D eigenvalue weighted by molar-refractivity contribution is 6.34. The summed E-state index contributed by atoms with van der Waals surface area (Å²) in [6.45, 7) is 2.20. The van der Waals surface area contributed by atoms with Gasteiger partial charge in [-0.1, -0.05) is 23.2 Å². The minimum atomic E-state index is 0.635. The Bertz CT molecular complexity index is 389. The van der Waals surface area contributed by atoms with E-state index in [1.54, 1.807) is 13.2 Å². The molecule has 2 rings (SSSR count). The summed E-state index contributed by atoms with van der Waals surface area (Å²) in [4.78, 5) is 0. The Morgan fingerprint density at radius 1 is 1.35 bits per heavy atom. The molecule has 1 saturated heterocycles. The third-order valence-electron chi connectivity index (χ3n) is 3.23. The van der Waals surface area contributed by atoms with Crippen LogP contribution in [-0.2, 0) is 6.42 Å². The third kappa shape index (κ3) is 3.27. The largest absolute Gasteiger partial charge is 0.495 e. The fourth-order valence-corrected chi connectivity index (χ4v) is 2.79. The van der Waals surface area contributed by atoms with Crippen molar-refractivity contribution in [1.82, 2.24) is 5.32 Å². The quantitative estimate of drug-likeness (QED) is 0.910. The Balaban J connectivity index is 2.12. The summed E-state index contributed by atoms with van der Waals surface area (Å²) in [5.74, 6) is 1.30. The summed E-state index contributed by atoms with van der Waals surface area (Å²) in [7, 11) is 1.60. The Labute approximate surface area is 112 Å². The van der Waals surface area contributed by atoms with E-state index < -0.39 is 0 Å². The average Bonchev–Trinajstić information content (AvgIpc) is 2.34. The Hall–Kier alpha value is -0.440. The van der Waals surface area contributed by atoms with Gasteiger partial charge in [0.2, 0.25) is 0 Å². The van der Waals surface area contributed by atoms with Gasteiger partial charge in [0.15, 0.2) is 0 Å². The third-order valence-corrected chi connectivity index (χ3v) is 3.88. The lowest BCUT2D eigenvalue weighted by Crippen LogP contribution is -2.30. The fraction of sp³-hybridized carbons (Fsp3) is 0.538. The number of ether oxygens (including phenoxy) is 1. The van der Waals surface area contributed by atoms with Crippen LogP contribution in [0.5, 0.6) is 5.75 Å². The van der Waals surface area contributed by atoms with E-state index in [1.165, 1.54) is 12.8 Å². The lowest BCUT2D eigenvalue weighted by Gasteiger charge is -2.23. The molecule has 4 heteroatoms. The van der Waals surface area contributed by atoms with Crippen molar-refractivity contribution in [3.05, 3.63) is 27.7 Å². The molecule has 0 spiro atoms. The molecular weight excluding hydrogens is 257 g/mol. The lowest BCUT2D eigenvalue weighted by atomic mass is 9.92. The second-order valence-corrected chi connectivity index (χ2v) is 5.31. The number of nitrogens with one attached hydrogen (secondary N) is 1. The Kier molecular flexibility index (Phi) is 4.55. The standard InChI is InChI=1S/C13H17Cl2NO/c1-17-13-7-11(14)10(6-12(13)15)5-9-3-2-4-16-8-9/h6-7,9,16H,2-5,8H2,1H3. The first kappa shape index (κ1) is 13.0. The Morgan fingerprint density at radius 3 is 2.82 bits per heavy atom. The van der Waals surface area contributed by atoms with Crippen molar-refractivity contribution >= 4 is 23.2 Å². The van der Waals surface area contributed by atoms with Gasteiger partial charge in [0.25, 0.3) is 0 Å². The highest BCUT2D eigenvalue weighted by atomic mass is 35.5. The lowest BCUT2D eigenvalue weighted by molar-refractivity contribution is 0.375. The SMILES string of the molecule is COc1cc(Cl)c(CC2CCCNC2)cc1Cl. The van der Waals surface area contributed by atoms with E-state index in [4.69, 9.17) is 27.9 Å². The number of hydrogen-bond donors (Lipinski definition) is 1. The molecule has 1 atom stereocenters. The zero-order valence-corrected chi connectivity index (χ0v) is 11.4. The van der Waals surface area contributed by atoms with Crippen molar-refractivity contribution in [1.29, 1.82) is 0 Å². The van der Waals surface area contributed by atoms with E-state index in [-0.39, 0.29) is 0 Å². The number of piperidine rings is 1. The van der Waals surface area contributed by atoms with Gasteiger partial charge in [-0.3, -0.25) is 0 Å². The molecule has 1 aliphatic heterocycles. The van der Waals surface area contributed by atoms with Crippen LogP contribution in [-0.4, -0.2) is 20.2 Å². The minimum Gasteiger partial charge on any atom is -0.495 e. The minimum absolute atomic E-state index is 0.635. The second kappa shape index (κ2) is 5.94. The van der Waals surface area contributed by atoms with Crippen LogP contribution in [0.2, 0.25) is 10.0 Å².